The summed E-state index contributed by atoms with van der Waals surface area (Å²) in [5.41, 5.74) is 32.2. The van der Waals surface area contributed by atoms with Crippen molar-refractivity contribution < 1.29 is 0 Å². The summed E-state index contributed by atoms with van der Waals surface area (Å²) in [4.78, 5) is 0. The molecular formula is C80H54N2. The maximum absolute atomic E-state index is 2.67. The lowest BCUT2D eigenvalue weighted by Gasteiger charge is -2.49. The Morgan fingerprint density at radius 2 is 0.488 bits per heavy atom. The number of hydrogen-bond donors (Lipinski definition) is 0. The van der Waals surface area contributed by atoms with E-state index in [0.29, 0.717) is 0 Å². The van der Waals surface area contributed by atoms with E-state index in [0.717, 1.165) is 0 Å². The molecule has 14 aromatic rings. The van der Waals surface area contributed by atoms with Crippen LogP contribution in [0.15, 0.2) is 255 Å². The van der Waals surface area contributed by atoms with E-state index in [9.17, 15) is 0 Å². The Labute approximate surface area is 476 Å². The largest absolute Gasteiger partial charge is 0.309 e. The SMILES string of the molecule is CC1(C)c2ccccc2-c2ccc(-n3c4ccccc4c4cc5c(cc43)C3(c4ccccc4-c4ccccc43)c3cc4c6ccccc6n(-c6ccc7c(c6)C(C)(C)c6ccccc6-7)c4cc3C53c4ccccc4-c4ccccc43)cc21. The summed E-state index contributed by atoms with van der Waals surface area (Å²) >= 11 is 0. The van der Waals surface area contributed by atoms with Crippen LogP contribution in [0.4, 0.5) is 0 Å². The van der Waals surface area contributed by atoms with Crippen molar-refractivity contribution in [1.82, 2.24) is 9.13 Å². The van der Waals surface area contributed by atoms with E-state index in [4.69, 9.17) is 0 Å². The minimum atomic E-state index is -0.715. The highest BCUT2D eigenvalue weighted by Crippen LogP contribution is 2.69. The molecule has 0 atom stereocenters. The average molecular weight is 1040 g/mol. The van der Waals surface area contributed by atoms with Gasteiger partial charge in [-0.15, -0.1) is 0 Å². The summed E-state index contributed by atoms with van der Waals surface area (Å²) in [5.74, 6) is 0. The van der Waals surface area contributed by atoms with Crippen LogP contribution in [0.1, 0.15) is 94.5 Å². The first-order valence-electron chi connectivity index (χ1n) is 29.2. The molecule has 2 nitrogen and oxygen atoms in total. The molecule has 0 N–H and O–H groups in total. The third-order valence-electron chi connectivity index (χ3n) is 20.8. The van der Waals surface area contributed by atoms with Crippen LogP contribution in [-0.2, 0) is 21.7 Å². The van der Waals surface area contributed by atoms with Crippen molar-refractivity contribution in [2.45, 2.75) is 49.4 Å². The fraction of sp³-hybridized carbons (Fsp3) is 0.100. The smallest absolute Gasteiger partial charge is 0.0721 e. The molecule has 2 spiro atoms. The zero-order valence-corrected chi connectivity index (χ0v) is 46.1. The summed E-state index contributed by atoms with van der Waals surface area (Å²) < 4.78 is 5.19. The summed E-state index contributed by atoms with van der Waals surface area (Å²) in [6, 6.07) is 99.0. The first kappa shape index (κ1) is 45.0. The molecule has 12 aromatic carbocycles. The van der Waals surface area contributed by atoms with Gasteiger partial charge in [-0.25, -0.2) is 0 Å². The van der Waals surface area contributed by atoms with Crippen molar-refractivity contribution in [2.24, 2.45) is 0 Å². The molecule has 2 aromatic heterocycles. The second-order valence-electron chi connectivity index (χ2n) is 25.0. The number of fused-ring (bicyclic) bond motifs is 28. The van der Waals surface area contributed by atoms with Gasteiger partial charge in [-0.3, -0.25) is 0 Å². The maximum atomic E-state index is 2.67. The Morgan fingerprint density at radius 3 is 0.854 bits per heavy atom. The van der Waals surface area contributed by atoms with Crippen molar-refractivity contribution in [2.75, 3.05) is 0 Å². The molecule has 5 aliphatic carbocycles. The van der Waals surface area contributed by atoms with E-state index in [1.165, 1.54) is 166 Å². The fourth-order valence-electron chi connectivity index (χ4n) is 17.4. The van der Waals surface area contributed by atoms with Crippen LogP contribution in [0.25, 0.3) is 99.5 Å². The molecule has 0 saturated heterocycles. The molecule has 5 aliphatic rings. The van der Waals surface area contributed by atoms with Crippen LogP contribution < -0.4 is 0 Å². The molecule has 0 radical (unpaired) electrons. The predicted octanol–water partition coefficient (Wildman–Crippen LogP) is 19.5. The number of rotatable bonds is 2. The molecule has 384 valence electrons. The number of benzene rings is 12. The van der Waals surface area contributed by atoms with E-state index in [2.05, 4.69) is 292 Å². The average Bonchev–Trinajstić information content (AvgIpc) is 1.44. The van der Waals surface area contributed by atoms with Crippen LogP contribution in [0.5, 0.6) is 0 Å². The highest BCUT2D eigenvalue weighted by atomic mass is 15.0. The summed E-state index contributed by atoms with van der Waals surface area (Å²) in [6.45, 7) is 9.60. The lowest BCUT2D eigenvalue weighted by molar-refractivity contribution is 0.635. The van der Waals surface area contributed by atoms with Crippen LogP contribution in [0.2, 0.25) is 0 Å². The van der Waals surface area contributed by atoms with Crippen molar-refractivity contribution in [3.05, 3.63) is 322 Å². The van der Waals surface area contributed by atoms with Gasteiger partial charge in [-0.05, 0) is 172 Å². The quantitative estimate of drug-likeness (QED) is 0.163. The van der Waals surface area contributed by atoms with Crippen LogP contribution in [-0.4, -0.2) is 9.13 Å². The van der Waals surface area contributed by atoms with Gasteiger partial charge in [0, 0.05) is 43.7 Å². The molecule has 0 bridgehead atoms. The second kappa shape index (κ2) is 15.2. The Kier molecular flexibility index (Phi) is 8.33. The lowest BCUT2D eigenvalue weighted by Crippen LogP contribution is -2.44. The first-order chi connectivity index (χ1) is 40.2. The normalized spacial score (nSPS) is 16.0. The van der Waals surface area contributed by atoms with Gasteiger partial charge in [0.05, 0.1) is 32.9 Å². The van der Waals surface area contributed by atoms with E-state index < -0.39 is 10.8 Å². The molecule has 0 saturated carbocycles. The van der Waals surface area contributed by atoms with Gasteiger partial charge in [-0.2, -0.15) is 0 Å². The Hall–Kier alpha value is -9.76. The highest BCUT2D eigenvalue weighted by Gasteiger charge is 2.60. The Morgan fingerprint density at radius 1 is 0.207 bits per heavy atom. The number of aromatic nitrogens is 2. The van der Waals surface area contributed by atoms with Crippen LogP contribution in [0.3, 0.4) is 0 Å². The van der Waals surface area contributed by atoms with Crippen molar-refractivity contribution in [1.29, 1.82) is 0 Å². The molecule has 2 heteroatoms. The maximum Gasteiger partial charge on any atom is 0.0721 e. The standard InChI is InChI=1S/C80H54N2/c1-77(2)61-29-13-5-21-49(61)55-39-37-47(41-67(55)77)81-73-35-19-11-27-57(73)59-43-69-71(45-75(59)81)79(63-31-15-7-23-51(63)52-24-8-16-32-64(52)79)70-44-60-58-28-12-20-36-74(58)82(48-38-40-56-50-22-6-14-30-62(50)78(3,4)68(56)42-48)76(60)46-72(70)80(69)65-33-17-9-25-53(65)54-26-10-18-34-66(54)80/h5-46H,1-4H3. The van der Waals surface area contributed by atoms with Crippen molar-refractivity contribution >= 4 is 43.6 Å². The van der Waals surface area contributed by atoms with Gasteiger partial charge in [-0.1, -0.05) is 222 Å². The molecule has 2 heterocycles. The summed E-state index contributed by atoms with van der Waals surface area (Å²) in [6.07, 6.45) is 0. The van der Waals surface area contributed by atoms with Gasteiger partial charge >= 0.3 is 0 Å². The van der Waals surface area contributed by atoms with Gasteiger partial charge in [0.15, 0.2) is 0 Å². The third-order valence-corrected chi connectivity index (χ3v) is 20.8. The fourth-order valence-corrected chi connectivity index (χ4v) is 17.4. The van der Waals surface area contributed by atoms with E-state index in [1.54, 1.807) is 0 Å². The molecule has 0 aliphatic heterocycles. The van der Waals surface area contributed by atoms with Gasteiger partial charge < -0.3 is 9.13 Å². The number of para-hydroxylation sites is 2. The molecule has 19 rings (SSSR count). The van der Waals surface area contributed by atoms with Crippen molar-refractivity contribution in [3.63, 3.8) is 0 Å². The van der Waals surface area contributed by atoms with E-state index >= 15 is 0 Å². The number of nitrogens with zero attached hydrogens (tertiary/aromatic N) is 2. The molecular weight excluding hydrogens is 989 g/mol. The second-order valence-corrected chi connectivity index (χ2v) is 25.0. The third kappa shape index (κ3) is 5.13. The van der Waals surface area contributed by atoms with Crippen LogP contribution >= 0.6 is 0 Å². The van der Waals surface area contributed by atoms with Gasteiger partial charge in [0.25, 0.3) is 0 Å². The number of hydrogen-bond acceptors (Lipinski definition) is 0. The van der Waals surface area contributed by atoms with Gasteiger partial charge in [0.1, 0.15) is 0 Å². The lowest BCUT2D eigenvalue weighted by atomic mass is 9.52. The molecule has 0 fully saturated rings. The minimum Gasteiger partial charge on any atom is -0.309 e. The zero-order valence-electron chi connectivity index (χ0n) is 46.1. The predicted molar refractivity (Wildman–Crippen MR) is 338 cm³/mol. The summed E-state index contributed by atoms with van der Waals surface area (Å²) in [7, 11) is 0. The van der Waals surface area contributed by atoms with Crippen molar-refractivity contribution in [3.8, 4) is 55.9 Å². The Bertz CT molecular complexity index is 4820. The van der Waals surface area contributed by atoms with Crippen LogP contribution in [0, 0.1) is 0 Å². The van der Waals surface area contributed by atoms with E-state index in [-0.39, 0.29) is 10.8 Å². The monoisotopic (exact) mass is 1040 g/mol. The molecule has 0 unspecified atom stereocenters. The minimum absolute atomic E-state index is 0.155. The zero-order chi connectivity index (χ0) is 54.2. The molecule has 82 heavy (non-hydrogen) atoms. The summed E-state index contributed by atoms with van der Waals surface area (Å²) in [5, 5.41) is 5.02. The molecule has 0 amide bonds. The first-order valence-corrected chi connectivity index (χ1v) is 29.2. The van der Waals surface area contributed by atoms with E-state index in [1.807, 2.05) is 0 Å². The van der Waals surface area contributed by atoms with Gasteiger partial charge in [0.2, 0.25) is 0 Å². The Balaban J connectivity index is 0.993. The highest BCUT2D eigenvalue weighted by molar-refractivity contribution is 6.13. The topological polar surface area (TPSA) is 9.86 Å².